The van der Waals surface area contributed by atoms with Gasteiger partial charge in [-0.3, -0.25) is 40.5 Å². The molecule has 0 aromatic carbocycles. The first-order valence-electron chi connectivity index (χ1n) is 5.84. The summed E-state index contributed by atoms with van der Waals surface area (Å²) in [6.45, 7) is 0. The van der Waals surface area contributed by atoms with Crippen molar-refractivity contribution in [3.8, 4) is 0 Å². The lowest BCUT2D eigenvalue weighted by atomic mass is 10.3. The van der Waals surface area contributed by atoms with Gasteiger partial charge in [0.25, 0.3) is 23.0 Å². The number of nitrogens with zero attached hydrogens (tertiary/aromatic N) is 10. The molecule has 0 amide bonds. The van der Waals surface area contributed by atoms with Crippen LogP contribution >= 0.6 is 0 Å². The number of aromatic nitrogens is 4. The monoisotopic (exact) mass is 374 g/mol. The zero-order valence-electron chi connectivity index (χ0n) is 11.7. The van der Waals surface area contributed by atoms with E-state index in [1.165, 1.54) is 0 Å². The van der Waals surface area contributed by atoms with Crippen molar-refractivity contribution in [1.82, 2.24) is 20.6 Å². The maximum Gasteiger partial charge on any atom is 0.500 e. The first-order chi connectivity index (χ1) is 12.2. The van der Waals surface area contributed by atoms with Gasteiger partial charge in [0.05, 0.1) is 0 Å². The molecule has 136 valence electrons. The lowest BCUT2D eigenvalue weighted by Crippen LogP contribution is -2.20. The first kappa shape index (κ1) is 17.8. The van der Waals surface area contributed by atoms with Gasteiger partial charge in [-0.15, -0.1) is 10.2 Å². The van der Waals surface area contributed by atoms with Gasteiger partial charge < -0.3 is 0 Å². The van der Waals surface area contributed by atoms with Crippen molar-refractivity contribution in [2.24, 2.45) is 10.2 Å². The Balaban J connectivity index is 2.39. The van der Waals surface area contributed by atoms with Crippen molar-refractivity contribution in [3.05, 3.63) is 51.8 Å². The van der Waals surface area contributed by atoms with Crippen molar-refractivity contribution in [3.63, 3.8) is 0 Å². The Morgan fingerprint density at radius 3 is 1.23 bits per heavy atom. The molecule has 0 aliphatic rings. The minimum Gasteiger partial charge on any atom is -0.258 e. The molecule has 0 saturated carbocycles. The minimum atomic E-state index is -2.59. The standard InChI is InChI=1S/C6H2N10O10/c17-13(18)5(14(19)20)1-3(11-25-9-1)7-8-4-2(10-26-12-4)6(15(21)22)16(23)24/h5-6H. The zero-order chi connectivity index (χ0) is 19.4. The summed E-state index contributed by atoms with van der Waals surface area (Å²) in [5.74, 6) is -1.67. The van der Waals surface area contributed by atoms with Crippen LogP contribution in [0.3, 0.4) is 0 Å². The van der Waals surface area contributed by atoms with Gasteiger partial charge in [0.2, 0.25) is 0 Å². The maximum atomic E-state index is 10.7. The summed E-state index contributed by atoms with van der Waals surface area (Å²) in [6, 6.07) is 0. The summed E-state index contributed by atoms with van der Waals surface area (Å²) in [7, 11) is 0. The highest BCUT2D eigenvalue weighted by atomic mass is 16.7. The third-order valence-corrected chi connectivity index (χ3v) is 2.52. The Hall–Kier alpha value is -4.52. The average molecular weight is 374 g/mol. The quantitative estimate of drug-likeness (QED) is 0.254. The van der Waals surface area contributed by atoms with Gasteiger partial charge in [-0.25, -0.2) is 9.26 Å². The summed E-state index contributed by atoms with van der Waals surface area (Å²) in [5.41, 5.74) is -1.89. The first-order valence-corrected chi connectivity index (χ1v) is 5.84. The Kier molecular flexibility index (Phi) is 4.75. The van der Waals surface area contributed by atoms with E-state index in [1.807, 2.05) is 0 Å². The minimum absolute atomic E-state index is 0.837. The molecule has 0 fully saturated rings. The molecule has 0 bridgehead atoms. The van der Waals surface area contributed by atoms with E-state index in [0.717, 1.165) is 0 Å². The molecule has 26 heavy (non-hydrogen) atoms. The fourth-order valence-electron chi connectivity index (χ4n) is 1.49. The summed E-state index contributed by atoms with van der Waals surface area (Å²) in [4.78, 5) is 37.6. The average Bonchev–Trinajstić information content (AvgIpc) is 3.13. The SMILES string of the molecule is O=[N+]([O-])C(c1nonc1N=Nc1nonc1C([N+](=O)[O-])[N+](=O)[O-])[N+](=O)[O-]. The van der Waals surface area contributed by atoms with Crippen LogP contribution in [0.5, 0.6) is 0 Å². The predicted molar refractivity (Wildman–Crippen MR) is 66.2 cm³/mol. The van der Waals surface area contributed by atoms with Crippen molar-refractivity contribution >= 4 is 11.6 Å². The van der Waals surface area contributed by atoms with Crippen LogP contribution in [0, 0.1) is 40.5 Å². The lowest BCUT2D eigenvalue weighted by molar-refractivity contribution is -0.753. The van der Waals surface area contributed by atoms with Gasteiger partial charge in [0, 0.05) is 0 Å². The summed E-state index contributed by atoms with van der Waals surface area (Å²) in [6.07, 6.45) is -5.18. The third-order valence-electron chi connectivity index (χ3n) is 2.52. The molecule has 0 radical (unpaired) electrons. The van der Waals surface area contributed by atoms with Crippen molar-refractivity contribution in [2.75, 3.05) is 0 Å². The van der Waals surface area contributed by atoms with Crippen molar-refractivity contribution in [2.45, 2.75) is 12.3 Å². The second-order valence-corrected chi connectivity index (χ2v) is 4.03. The van der Waals surface area contributed by atoms with Crippen LogP contribution < -0.4 is 0 Å². The summed E-state index contributed by atoms with van der Waals surface area (Å²) >= 11 is 0. The van der Waals surface area contributed by atoms with Gasteiger partial charge in [-0.05, 0) is 20.6 Å². The maximum absolute atomic E-state index is 10.7. The number of azo groups is 1. The fraction of sp³-hybridized carbons (Fsp3) is 0.333. The molecule has 0 N–H and O–H groups in total. The molecule has 20 heteroatoms. The Morgan fingerprint density at radius 1 is 0.654 bits per heavy atom. The van der Waals surface area contributed by atoms with Crippen LogP contribution in [0.1, 0.15) is 23.7 Å². The predicted octanol–water partition coefficient (Wildman–Crippen LogP) is -0.0280. The highest BCUT2D eigenvalue weighted by Gasteiger charge is 2.43. The van der Waals surface area contributed by atoms with E-state index in [-0.39, 0.29) is 0 Å². The van der Waals surface area contributed by atoms with Crippen LogP contribution in [0.25, 0.3) is 0 Å². The van der Waals surface area contributed by atoms with E-state index < -0.39 is 55.0 Å². The van der Waals surface area contributed by atoms with Gasteiger partial charge in [-0.1, -0.05) is 0 Å². The molecular weight excluding hydrogens is 372 g/mol. The number of hydrogen-bond donors (Lipinski definition) is 0. The van der Waals surface area contributed by atoms with Crippen LogP contribution in [-0.2, 0) is 0 Å². The van der Waals surface area contributed by atoms with E-state index in [9.17, 15) is 40.5 Å². The second kappa shape index (κ2) is 6.93. The molecule has 0 aliphatic heterocycles. The van der Waals surface area contributed by atoms with Crippen molar-refractivity contribution < 1.29 is 29.0 Å². The third kappa shape index (κ3) is 3.36. The normalized spacial score (nSPS) is 11.3. The van der Waals surface area contributed by atoms with Crippen molar-refractivity contribution in [1.29, 1.82) is 0 Å². The largest absolute Gasteiger partial charge is 0.500 e. The summed E-state index contributed by atoms with van der Waals surface area (Å²) < 4.78 is 8.22. The van der Waals surface area contributed by atoms with E-state index in [4.69, 9.17) is 0 Å². The van der Waals surface area contributed by atoms with Gasteiger partial charge in [-0.2, -0.15) is 0 Å². The van der Waals surface area contributed by atoms with Crippen LogP contribution in [0.4, 0.5) is 11.6 Å². The molecular formula is C6H2N10O10. The Morgan fingerprint density at radius 2 is 0.962 bits per heavy atom. The molecule has 0 atom stereocenters. The molecule has 0 saturated heterocycles. The van der Waals surface area contributed by atoms with Gasteiger partial charge >= 0.3 is 12.3 Å². The smallest absolute Gasteiger partial charge is 0.258 e. The van der Waals surface area contributed by atoms with Crippen LogP contribution in [0.2, 0.25) is 0 Å². The molecule has 2 aromatic heterocycles. The van der Waals surface area contributed by atoms with Gasteiger partial charge in [0.15, 0.2) is 0 Å². The van der Waals surface area contributed by atoms with E-state index >= 15 is 0 Å². The zero-order valence-corrected chi connectivity index (χ0v) is 11.7. The van der Waals surface area contributed by atoms with Crippen LogP contribution in [-0.4, -0.2) is 40.3 Å². The van der Waals surface area contributed by atoms with E-state index in [0.29, 0.717) is 0 Å². The molecule has 0 unspecified atom stereocenters. The number of hydrogen-bond acceptors (Lipinski definition) is 16. The molecule has 0 aliphatic carbocycles. The fourth-order valence-corrected chi connectivity index (χ4v) is 1.49. The van der Waals surface area contributed by atoms with Crippen LogP contribution in [0.15, 0.2) is 19.5 Å². The van der Waals surface area contributed by atoms with E-state index in [2.05, 4.69) is 40.1 Å². The second-order valence-electron chi connectivity index (χ2n) is 4.03. The van der Waals surface area contributed by atoms with Gasteiger partial charge in [0.1, 0.15) is 19.7 Å². The highest BCUT2D eigenvalue weighted by molar-refractivity contribution is 5.34. The Bertz CT molecular complexity index is 800. The number of nitro groups is 4. The number of rotatable bonds is 8. The molecule has 2 rings (SSSR count). The molecule has 0 spiro atoms. The van der Waals surface area contributed by atoms with E-state index in [1.54, 1.807) is 0 Å². The Labute approximate surface area is 137 Å². The molecule has 2 aromatic rings. The lowest BCUT2D eigenvalue weighted by Gasteiger charge is -1.97. The molecule has 2 heterocycles. The highest BCUT2D eigenvalue weighted by Crippen LogP contribution is 2.28. The summed E-state index contributed by atoms with van der Waals surface area (Å²) in [5, 5.41) is 61.3. The topological polar surface area (TPSA) is 275 Å². The molecule has 20 nitrogen and oxygen atoms in total.